The Hall–Kier alpha value is -2.61. The minimum atomic E-state index is -1.06. The van der Waals surface area contributed by atoms with Crippen LogP contribution in [0.25, 0.3) is 0 Å². The smallest absolute Gasteiger partial charge is 0.249 e. The van der Waals surface area contributed by atoms with E-state index in [1.165, 1.54) is 0 Å². The highest BCUT2D eigenvalue weighted by molar-refractivity contribution is 6.12. The van der Waals surface area contributed by atoms with E-state index in [1.54, 1.807) is 13.8 Å². The highest BCUT2D eigenvalue weighted by Crippen LogP contribution is 2.70. The summed E-state index contributed by atoms with van der Waals surface area (Å²) in [5, 5.41) is 16.9. The zero-order valence-electron chi connectivity index (χ0n) is 20.1. The van der Waals surface area contributed by atoms with Gasteiger partial charge in [-0.3, -0.25) is 14.4 Å². The summed E-state index contributed by atoms with van der Waals surface area (Å²) in [5.74, 6) is 0.366. The van der Waals surface area contributed by atoms with Crippen LogP contribution in [0.5, 0.6) is 5.75 Å². The number of nitrogens with zero attached hydrogens (tertiary/aromatic N) is 1. The zero-order valence-corrected chi connectivity index (χ0v) is 20.1. The lowest BCUT2D eigenvalue weighted by atomic mass is 9.57. The summed E-state index contributed by atoms with van der Waals surface area (Å²) < 4.78 is 6.04. The quantitative estimate of drug-likeness (QED) is 0.584. The van der Waals surface area contributed by atoms with Crippen molar-refractivity contribution >= 4 is 23.4 Å². The second-order valence-electron chi connectivity index (χ2n) is 12.5. The van der Waals surface area contributed by atoms with Crippen molar-refractivity contribution < 1.29 is 24.2 Å². The molecule has 0 aromatic heterocycles. The van der Waals surface area contributed by atoms with E-state index in [-0.39, 0.29) is 30.1 Å². The number of rotatable bonds is 1. The molecular formula is C26H31N3O5. The normalized spacial score (nSPS) is 40.6. The lowest BCUT2D eigenvalue weighted by Crippen LogP contribution is -2.81. The number of fused-ring (bicyclic) bond motifs is 5. The third-order valence-electron chi connectivity index (χ3n) is 10.3. The summed E-state index contributed by atoms with van der Waals surface area (Å²) in [7, 11) is 0. The molecule has 2 bridgehead atoms. The Morgan fingerprint density at radius 3 is 2.68 bits per heavy atom. The topological polar surface area (TPSA) is 108 Å². The summed E-state index contributed by atoms with van der Waals surface area (Å²) in [6.07, 6.45) is 2.50. The van der Waals surface area contributed by atoms with Crippen molar-refractivity contribution in [3.8, 4) is 5.75 Å². The van der Waals surface area contributed by atoms with E-state index >= 15 is 0 Å². The molecule has 5 fully saturated rings. The molecule has 8 nitrogen and oxygen atoms in total. The molecule has 1 aromatic carbocycles. The molecule has 6 heterocycles. The van der Waals surface area contributed by atoms with Gasteiger partial charge in [-0.25, -0.2) is 0 Å². The van der Waals surface area contributed by atoms with E-state index in [0.717, 1.165) is 23.2 Å². The van der Waals surface area contributed by atoms with Crippen LogP contribution in [0.3, 0.4) is 0 Å². The maximum atomic E-state index is 14.0. The number of benzene rings is 1. The second-order valence-corrected chi connectivity index (χ2v) is 12.5. The number of piperazine rings is 1. The third-order valence-corrected chi connectivity index (χ3v) is 10.3. The van der Waals surface area contributed by atoms with Gasteiger partial charge < -0.3 is 25.4 Å². The van der Waals surface area contributed by atoms with Gasteiger partial charge in [0, 0.05) is 24.4 Å². The van der Waals surface area contributed by atoms with Crippen molar-refractivity contribution in [3.63, 3.8) is 0 Å². The van der Waals surface area contributed by atoms with E-state index in [2.05, 4.69) is 24.5 Å². The maximum absolute atomic E-state index is 14.0. The summed E-state index contributed by atoms with van der Waals surface area (Å²) in [4.78, 5) is 43.0. The minimum absolute atomic E-state index is 0.0152. The van der Waals surface area contributed by atoms with Crippen molar-refractivity contribution in [2.75, 3.05) is 11.9 Å². The van der Waals surface area contributed by atoms with Gasteiger partial charge in [0.25, 0.3) is 0 Å². The SMILES string of the molecule is CC(C)(O)C1Cc2c(ccc3c2NC(=O)[C@]32C[C@@]34NC(=O)[C@]5(CCCN5C3=O)C[C@@H]4C2(C)C)O1. The van der Waals surface area contributed by atoms with Crippen molar-refractivity contribution in [1.82, 2.24) is 10.2 Å². The molecule has 7 aliphatic rings. The van der Waals surface area contributed by atoms with Gasteiger partial charge in [0.1, 0.15) is 22.9 Å². The predicted molar refractivity (Wildman–Crippen MR) is 122 cm³/mol. The number of amides is 3. The average molecular weight is 466 g/mol. The van der Waals surface area contributed by atoms with Gasteiger partial charge in [-0.2, -0.15) is 0 Å². The molecule has 180 valence electrons. The molecule has 34 heavy (non-hydrogen) atoms. The van der Waals surface area contributed by atoms with E-state index < -0.39 is 33.6 Å². The molecule has 0 radical (unpaired) electrons. The Balaban J connectivity index is 1.39. The van der Waals surface area contributed by atoms with Gasteiger partial charge in [-0.15, -0.1) is 0 Å². The first-order valence-electron chi connectivity index (χ1n) is 12.4. The van der Waals surface area contributed by atoms with Gasteiger partial charge in [0.05, 0.1) is 16.7 Å². The summed E-state index contributed by atoms with van der Waals surface area (Å²) in [5.41, 5.74) is -1.81. The van der Waals surface area contributed by atoms with Crippen LogP contribution >= 0.6 is 0 Å². The van der Waals surface area contributed by atoms with Crippen LogP contribution in [0.1, 0.15) is 64.5 Å². The van der Waals surface area contributed by atoms with Crippen molar-refractivity contribution in [3.05, 3.63) is 23.3 Å². The van der Waals surface area contributed by atoms with Gasteiger partial charge in [-0.1, -0.05) is 19.9 Å². The predicted octanol–water partition coefficient (Wildman–Crippen LogP) is 1.63. The number of hydrogen-bond acceptors (Lipinski definition) is 5. The van der Waals surface area contributed by atoms with Gasteiger partial charge >= 0.3 is 0 Å². The zero-order chi connectivity index (χ0) is 24.1. The van der Waals surface area contributed by atoms with Crippen LogP contribution in [0.4, 0.5) is 5.69 Å². The Morgan fingerprint density at radius 1 is 1.18 bits per heavy atom. The molecule has 3 N–H and O–H groups in total. The van der Waals surface area contributed by atoms with Crippen molar-refractivity contribution in [2.24, 2.45) is 11.3 Å². The van der Waals surface area contributed by atoms with Crippen LogP contribution in [-0.4, -0.2) is 57.1 Å². The van der Waals surface area contributed by atoms with E-state index in [9.17, 15) is 19.5 Å². The number of nitrogens with one attached hydrogen (secondary N) is 2. The number of carbonyl (C=O) groups excluding carboxylic acids is 3. The third kappa shape index (κ3) is 1.94. The molecule has 8 rings (SSSR count). The van der Waals surface area contributed by atoms with Crippen LogP contribution in [0, 0.1) is 11.3 Å². The standard InChI is InChI=1S/C26H31N3O5/c1-22(2)16-11-24-8-5-9-29(24)21(32)26(16,28-19(24)30)12-25(22)14-6-7-15-13(18(14)27-20(25)31)10-17(34-15)23(3,4)33/h6-7,16-17,33H,5,8-12H2,1-4H3,(H,27,31)(H,28,30)/t16-,17?,24+,25+,26+/m1/s1. The molecule has 6 aliphatic heterocycles. The molecule has 3 amide bonds. The Morgan fingerprint density at radius 2 is 1.94 bits per heavy atom. The fourth-order valence-electron chi connectivity index (χ4n) is 8.51. The molecule has 3 spiro atoms. The van der Waals surface area contributed by atoms with Gasteiger partial charge in [0.2, 0.25) is 17.7 Å². The van der Waals surface area contributed by atoms with Crippen LogP contribution in [-0.2, 0) is 26.2 Å². The van der Waals surface area contributed by atoms with E-state index in [4.69, 9.17) is 4.74 Å². The van der Waals surface area contributed by atoms with Crippen molar-refractivity contribution in [1.29, 1.82) is 0 Å². The fraction of sp³-hybridized carbons (Fsp3) is 0.654. The first-order valence-corrected chi connectivity index (χ1v) is 12.4. The number of carbonyl (C=O) groups is 3. The largest absolute Gasteiger partial charge is 0.487 e. The van der Waals surface area contributed by atoms with Crippen LogP contribution in [0.2, 0.25) is 0 Å². The second kappa shape index (κ2) is 5.61. The lowest BCUT2D eigenvalue weighted by molar-refractivity contribution is -0.175. The number of anilines is 1. The average Bonchev–Trinajstić information content (AvgIpc) is 3.47. The molecule has 8 heteroatoms. The van der Waals surface area contributed by atoms with Crippen molar-refractivity contribution in [2.45, 2.75) is 88.0 Å². The highest BCUT2D eigenvalue weighted by atomic mass is 16.5. The molecule has 1 unspecified atom stereocenters. The monoisotopic (exact) mass is 465 g/mol. The molecule has 4 saturated heterocycles. The molecule has 1 saturated carbocycles. The first-order chi connectivity index (χ1) is 15.9. The first kappa shape index (κ1) is 20.7. The Kier molecular flexibility index (Phi) is 3.42. The number of ether oxygens (including phenoxy) is 1. The van der Waals surface area contributed by atoms with Gasteiger partial charge in [-0.05, 0) is 56.6 Å². The van der Waals surface area contributed by atoms with Crippen LogP contribution in [0.15, 0.2) is 12.1 Å². The lowest BCUT2D eigenvalue weighted by Gasteiger charge is -2.59. The number of piperidine rings is 2. The fourth-order valence-corrected chi connectivity index (χ4v) is 8.51. The Labute approximate surface area is 198 Å². The number of hydrogen-bond donors (Lipinski definition) is 3. The molecule has 1 aliphatic carbocycles. The summed E-state index contributed by atoms with van der Waals surface area (Å²) in [6, 6.07) is 3.85. The maximum Gasteiger partial charge on any atom is 0.249 e. The minimum Gasteiger partial charge on any atom is -0.487 e. The number of aliphatic hydroxyl groups is 1. The van der Waals surface area contributed by atoms with Crippen LogP contribution < -0.4 is 15.4 Å². The highest BCUT2D eigenvalue weighted by Gasteiger charge is 2.80. The van der Waals surface area contributed by atoms with E-state index in [0.29, 0.717) is 31.6 Å². The van der Waals surface area contributed by atoms with Gasteiger partial charge in [0.15, 0.2) is 0 Å². The van der Waals surface area contributed by atoms with E-state index in [1.807, 2.05) is 17.0 Å². The summed E-state index contributed by atoms with van der Waals surface area (Å²) >= 11 is 0. The Bertz CT molecular complexity index is 1220. The molecule has 1 aromatic rings. The molecular weight excluding hydrogens is 434 g/mol. The molecule has 5 atom stereocenters. The summed E-state index contributed by atoms with van der Waals surface area (Å²) in [6.45, 7) is 8.26.